The van der Waals surface area contributed by atoms with Crippen LogP contribution in [0.1, 0.15) is 33.6 Å². The van der Waals surface area contributed by atoms with Gasteiger partial charge in [0.1, 0.15) is 0 Å². The summed E-state index contributed by atoms with van der Waals surface area (Å²) in [6, 6.07) is 0. The van der Waals surface area contributed by atoms with E-state index in [1.807, 2.05) is 0 Å². The highest BCUT2D eigenvalue weighted by atomic mass is 32.1. The first kappa shape index (κ1) is 14.1. The van der Waals surface area contributed by atoms with Gasteiger partial charge in [0.25, 0.3) is 0 Å². The van der Waals surface area contributed by atoms with Gasteiger partial charge in [-0.3, -0.25) is 4.90 Å². The molecule has 0 rings (SSSR count). The van der Waals surface area contributed by atoms with Crippen molar-refractivity contribution in [1.82, 2.24) is 4.90 Å². The van der Waals surface area contributed by atoms with E-state index in [9.17, 15) is 0 Å². The van der Waals surface area contributed by atoms with Crippen molar-refractivity contribution in [3.05, 3.63) is 12.2 Å². The second-order valence-electron chi connectivity index (χ2n) is 3.69. The molecule has 0 fully saturated rings. The maximum atomic E-state index is 4.15. The van der Waals surface area contributed by atoms with Gasteiger partial charge in [0.15, 0.2) is 0 Å². The second kappa shape index (κ2) is 9.60. The fraction of sp³-hybridized carbons (Fsp3) is 0.833. The topological polar surface area (TPSA) is 3.24 Å². The third-order valence-electron chi connectivity index (χ3n) is 2.75. The molecule has 0 atom stereocenters. The van der Waals surface area contributed by atoms with E-state index in [1.54, 1.807) is 0 Å². The van der Waals surface area contributed by atoms with Gasteiger partial charge in [-0.1, -0.05) is 45.8 Å². The third-order valence-corrected chi connectivity index (χ3v) is 2.96. The van der Waals surface area contributed by atoms with Gasteiger partial charge in [0, 0.05) is 18.8 Å². The molecule has 0 aromatic heterocycles. The van der Waals surface area contributed by atoms with E-state index in [0.29, 0.717) is 0 Å². The van der Waals surface area contributed by atoms with Crippen LogP contribution in [0, 0.1) is 5.92 Å². The predicted octanol–water partition coefficient (Wildman–Crippen LogP) is 3.23. The van der Waals surface area contributed by atoms with Gasteiger partial charge in [0.05, 0.1) is 0 Å². The number of rotatable bonds is 8. The van der Waals surface area contributed by atoms with Gasteiger partial charge in [-0.05, 0) is 12.5 Å². The first-order valence-electron chi connectivity index (χ1n) is 5.76. The molecule has 0 saturated carbocycles. The Hall–Kier alpha value is 0.0500. The van der Waals surface area contributed by atoms with E-state index >= 15 is 0 Å². The molecule has 0 heterocycles. The lowest BCUT2D eigenvalue weighted by atomic mass is 10.0. The Balaban J connectivity index is 3.82. The standard InChI is InChI=1S/C12H25NS/c1-4-12(5-2)11-13(6-3)9-7-8-10-14/h7-8,12,14H,4-6,9-11H2,1-3H3. The summed E-state index contributed by atoms with van der Waals surface area (Å²) in [4.78, 5) is 2.50. The van der Waals surface area contributed by atoms with Crippen molar-refractivity contribution in [2.24, 2.45) is 5.92 Å². The first-order chi connectivity index (χ1) is 6.78. The van der Waals surface area contributed by atoms with Crippen LogP contribution >= 0.6 is 12.6 Å². The smallest absolute Gasteiger partial charge is 0.0163 e. The van der Waals surface area contributed by atoms with Crippen LogP contribution in [0.3, 0.4) is 0 Å². The number of thiol groups is 1. The average Bonchev–Trinajstić information content (AvgIpc) is 2.23. The van der Waals surface area contributed by atoms with E-state index in [4.69, 9.17) is 0 Å². The van der Waals surface area contributed by atoms with Crippen molar-refractivity contribution in [2.75, 3.05) is 25.4 Å². The fourth-order valence-electron chi connectivity index (χ4n) is 1.54. The summed E-state index contributed by atoms with van der Waals surface area (Å²) in [6.07, 6.45) is 6.93. The molecule has 0 unspecified atom stereocenters. The molecule has 0 aliphatic rings. The minimum atomic E-state index is 0.850. The normalized spacial score (nSPS) is 12.1. The van der Waals surface area contributed by atoms with Crippen LogP contribution in [0.2, 0.25) is 0 Å². The van der Waals surface area contributed by atoms with Crippen LogP contribution < -0.4 is 0 Å². The molecule has 14 heavy (non-hydrogen) atoms. The number of likely N-dealkylation sites (N-methyl/N-ethyl adjacent to an activating group) is 1. The largest absolute Gasteiger partial charge is 0.300 e. The Kier molecular flexibility index (Phi) is 9.63. The number of hydrogen-bond acceptors (Lipinski definition) is 2. The van der Waals surface area contributed by atoms with Crippen LogP contribution in [0.15, 0.2) is 12.2 Å². The Morgan fingerprint density at radius 1 is 1.14 bits per heavy atom. The summed E-state index contributed by atoms with van der Waals surface area (Å²) < 4.78 is 0. The highest BCUT2D eigenvalue weighted by molar-refractivity contribution is 7.80. The molecule has 0 N–H and O–H groups in total. The van der Waals surface area contributed by atoms with Gasteiger partial charge >= 0.3 is 0 Å². The molecule has 0 aromatic rings. The van der Waals surface area contributed by atoms with Gasteiger partial charge in [-0.2, -0.15) is 12.6 Å². The van der Waals surface area contributed by atoms with Crippen molar-refractivity contribution in [3.63, 3.8) is 0 Å². The molecule has 0 aromatic carbocycles. The molecule has 0 saturated heterocycles. The molecule has 0 bridgehead atoms. The van der Waals surface area contributed by atoms with Gasteiger partial charge in [-0.15, -0.1) is 0 Å². The van der Waals surface area contributed by atoms with Gasteiger partial charge < -0.3 is 0 Å². The van der Waals surface area contributed by atoms with Crippen molar-refractivity contribution in [2.45, 2.75) is 33.6 Å². The molecule has 0 radical (unpaired) electrons. The molecule has 0 aliphatic carbocycles. The minimum absolute atomic E-state index is 0.850. The Morgan fingerprint density at radius 2 is 1.79 bits per heavy atom. The highest BCUT2D eigenvalue weighted by Gasteiger charge is 2.07. The molecule has 0 amide bonds. The quantitative estimate of drug-likeness (QED) is 0.480. The zero-order valence-electron chi connectivity index (χ0n) is 9.87. The fourth-order valence-corrected chi connectivity index (χ4v) is 1.69. The summed E-state index contributed by atoms with van der Waals surface area (Å²) in [7, 11) is 0. The SMILES string of the molecule is CCC(CC)CN(CC)CC=CCS. The zero-order valence-corrected chi connectivity index (χ0v) is 10.8. The Labute approximate surface area is 95.0 Å². The lowest BCUT2D eigenvalue weighted by molar-refractivity contribution is 0.255. The van der Waals surface area contributed by atoms with E-state index in [2.05, 4.69) is 50.5 Å². The lowest BCUT2D eigenvalue weighted by Crippen LogP contribution is -2.29. The molecule has 84 valence electrons. The molecular weight excluding hydrogens is 190 g/mol. The number of nitrogens with zero attached hydrogens (tertiary/aromatic N) is 1. The summed E-state index contributed by atoms with van der Waals surface area (Å²) in [6.45, 7) is 10.3. The van der Waals surface area contributed by atoms with E-state index < -0.39 is 0 Å². The van der Waals surface area contributed by atoms with Gasteiger partial charge in [0.2, 0.25) is 0 Å². The van der Waals surface area contributed by atoms with E-state index in [0.717, 1.165) is 24.8 Å². The van der Waals surface area contributed by atoms with Crippen molar-refractivity contribution in [1.29, 1.82) is 0 Å². The molecule has 2 heteroatoms. The average molecular weight is 215 g/mol. The van der Waals surface area contributed by atoms with Crippen LogP contribution in [0.25, 0.3) is 0 Å². The van der Waals surface area contributed by atoms with E-state index in [1.165, 1.54) is 19.4 Å². The zero-order chi connectivity index (χ0) is 10.8. The van der Waals surface area contributed by atoms with Crippen LogP contribution in [0.4, 0.5) is 0 Å². The van der Waals surface area contributed by atoms with Gasteiger partial charge in [-0.25, -0.2) is 0 Å². The van der Waals surface area contributed by atoms with Crippen LogP contribution in [-0.2, 0) is 0 Å². The van der Waals surface area contributed by atoms with Crippen molar-refractivity contribution in [3.8, 4) is 0 Å². The predicted molar refractivity (Wildman–Crippen MR) is 69.2 cm³/mol. The molecule has 1 nitrogen and oxygen atoms in total. The van der Waals surface area contributed by atoms with Crippen molar-refractivity contribution < 1.29 is 0 Å². The summed E-state index contributed by atoms with van der Waals surface area (Å²) in [5.74, 6) is 1.71. The molecule has 0 aliphatic heterocycles. The van der Waals surface area contributed by atoms with Crippen LogP contribution in [-0.4, -0.2) is 30.3 Å². The molecular formula is C12H25NS. The third kappa shape index (κ3) is 6.50. The van der Waals surface area contributed by atoms with Crippen molar-refractivity contribution >= 4 is 12.6 Å². The highest BCUT2D eigenvalue weighted by Crippen LogP contribution is 2.09. The number of hydrogen-bond donors (Lipinski definition) is 1. The maximum absolute atomic E-state index is 4.15. The molecule has 0 spiro atoms. The summed E-state index contributed by atoms with van der Waals surface area (Å²) >= 11 is 4.15. The Bertz CT molecular complexity index is 141. The second-order valence-corrected chi connectivity index (χ2v) is 4.05. The Morgan fingerprint density at radius 3 is 2.21 bits per heavy atom. The maximum Gasteiger partial charge on any atom is 0.0163 e. The first-order valence-corrected chi connectivity index (χ1v) is 6.39. The van der Waals surface area contributed by atoms with E-state index in [-0.39, 0.29) is 0 Å². The summed E-state index contributed by atoms with van der Waals surface area (Å²) in [5, 5.41) is 0. The van der Waals surface area contributed by atoms with Crippen LogP contribution in [0.5, 0.6) is 0 Å². The monoisotopic (exact) mass is 215 g/mol. The summed E-state index contributed by atoms with van der Waals surface area (Å²) in [5.41, 5.74) is 0. The minimum Gasteiger partial charge on any atom is -0.300 e. The lowest BCUT2D eigenvalue weighted by Gasteiger charge is -2.23.